The molecular weight excluding hydrogens is 348 g/mol. The molecule has 8 nitrogen and oxygen atoms in total. The second kappa shape index (κ2) is 8.48. The predicted molar refractivity (Wildman–Crippen MR) is 98.9 cm³/mol. The standard InChI is InChI=1S/C19H22N4O4/c1-27-16-5-3-2-4-13(16)10-18(24)23-8-6-14(7-9-23)22-17-12-20-15(11-21-17)19(25)26/h2-5,11-12,14H,6-10H2,1H3,(H,21,22)(H,25,26). The fourth-order valence-corrected chi connectivity index (χ4v) is 3.12. The number of carbonyl (C=O) groups is 2. The van der Waals surface area contributed by atoms with Crippen molar-refractivity contribution in [3.63, 3.8) is 0 Å². The molecule has 1 amide bonds. The van der Waals surface area contributed by atoms with Crippen LogP contribution in [0.1, 0.15) is 28.9 Å². The maximum Gasteiger partial charge on any atom is 0.356 e. The predicted octanol–water partition coefficient (Wildman–Crippen LogP) is 1.83. The molecule has 2 N–H and O–H groups in total. The molecule has 1 fully saturated rings. The number of carboxylic acid groups (broad SMARTS) is 1. The molecule has 0 atom stereocenters. The lowest BCUT2D eigenvalue weighted by atomic mass is 10.0. The Morgan fingerprint density at radius 1 is 1.22 bits per heavy atom. The maximum atomic E-state index is 12.6. The second-order valence-corrected chi connectivity index (χ2v) is 6.38. The van der Waals surface area contributed by atoms with E-state index in [1.165, 1.54) is 12.4 Å². The van der Waals surface area contributed by atoms with Crippen LogP contribution in [-0.2, 0) is 11.2 Å². The van der Waals surface area contributed by atoms with Crippen LogP contribution in [-0.4, -0.2) is 58.1 Å². The average molecular weight is 370 g/mol. The van der Waals surface area contributed by atoms with Crippen LogP contribution in [0.15, 0.2) is 36.7 Å². The van der Waals surface area contributed by atoms with Crippen LogP contribution in [0.5, 0.6) is 5.75 Å². The second-order valence-electron chi connectivity index (χ2n) is 6.38. The third kappa shape index (κ3) is 4.72. The molecule has 3 rings (SSSR count). The number of nitrogens with zero attached hydrogens (tertiary/aromatic N) is 3. The molecule has 27 heavy (non-hydrogen) atoms. The summed E-state index contributed by atoms with van der Waals surface area (Å²) in [6, 6.07) is 7.72. The Balaban J connectivity index is 1.51. The van der Waals surface area contributed by atoms with Gasteiger partial charge in [0.05, 0.1) is 25.9 Å². The number of piperidine rings is 1. The number of benzene rings is 1. The molecule has 0 radical (unpaired) electrons. The molecular formula is C19H22N4O4. The zero-order valence-electron chi connectivity index (χ0n) is 15.1. The van der Waals surface area contributed by atoms with Crippen molar-refractivity contribution in [2.45, 2.75) is 25.3 Å². The molecule has 0 bridgehead atoms. The molecule has 8 heteroatoms. The molecule has 1 aliphatic rings. The smallest absolute Gasteiger partial charge is 0.356 e. The van der Waals surface area contributed by atoms with Gasteiger partial charge in [-0.05, 0) is 18.9 Å². The summed E-state index contributed by atoms with van der Waals surface area (Å²) in [5.41, 5.74) is 0.802. The maximum absolute atomic E-state index is 12.6. The first-order valence-electron chi connectivity index (χ1n) is 8.78. The summed E-state index contributed by atoms with van der Waals surface area (Å²) in [6.07, 6.45) is 4.56. The number of nitrogens with one attached hydrogen (secondary N) is 1. The Hall–Kier alpha value is -3.16. The van der Waals surface area contributed by atoms with Crippen LogP contribution in [0.3, 0.4) is 0 Å². The number of likely N-dealkylation sites (tertiary alicyclic amines) is 1. The van der Waals surface area contributed by atoms with E-state index in [0.717, 1.165) is 24.2 Å². The van der Waals surface area contributed by atoms with Crippen LogP contribution in [0, 0.1) is 0 Å². The van der Waals surface area contributed by atoms with Gasteiger partial charge in [-0.15, -0.1) is 0 Å². The summed E-state index contributed by atoms with van der Waals surface area (Å²) in [7, 11) is 1.60. The Labute approximate surface area is 157 Å². The highest BCUT2D eigenvalue weighted by molar-refractivity contribution is 5.84. The van der Waals surface area contributed by atoms with Crippen LogP contribution in [0.25, 0.3) is 0 Å². The number of carbonyl (C=O) groups excluding carboxylic acids is 1. The Morgan fingerprint density at radius 2 is 1.96 bits per heavy atom. The lowest BCUT2D eigenvalue weighted by Crippen LogP contribution is -2.43. The van der Waals surface area contributed by atoms with Gasteiger partial charge < -0.3 is 20.1 Å². The van der Waals surface area contributed by atoms with E-state index >= 15 is 0 Å². The first-order chi connectivity index (χ1) is 13.1. The summed E-state index contributed by atoms with van der Waals surface area (Å²) >= 11 is 0. The Kier molecular flexibility index (Phi) is 5.85. The number of rotatable bonds is 6. The minimum absolute atomic E-state index is 0.0858. The Bertz CT molecular complexity index is 802. The number of hydrogen-bond acceptors (Lipinski definition) is 6. The van der Waals surface area contributed by atoms with Gasteiger partial charge in [-0.1, -0.05) is 18.2 Å². The number of amides is 1. The Morgan fingerprint density at radius 3 is 2.59 bits per heavy atom. The van der Waals surface area contributed by atoms with E-state index < -0.39 is 5.97 Å². The number of ether oxygens (including phenoxy) is 1. The normalized spacial score (nSPS) is 14.6. The molecule has 1 aromatic carbocycles. The first kappa shape index (κ1) is 18.6. The number of aromatic carboxylic acids is 1. The SMILES string of the molecule is COc1ccccc1CC(=O)N1CCC(Nc2cnc(C(=O)O)cn2)CC1. The van der Waals surface area contributed by atoms with E-state index in [-0.39, 0.29) is 17.6 Å². The van der Waals surface area contributed by atoms with Gasteiger partial charge in [-0.3, -0.25) is 4.79 Å². The number of anilines is 1. The van der Waals surface area contributed by atoms with Gasteiger partial charge in [0.25, 0.3) is 0 Å². The van der Waals surface area contributed by atoms with E-state index in [0.29, 0.717) is 25.3 Å². The van der Waals surface area contributed by atoms with Crippen molar-refractivity contribution in [1.29, 1.82) is 0 Å². The minimum Gasteiger partial charge on any atom is -0.496 e. The van der Waals surface area contributed by atoms with Gasteiger partial charge in [-0.25, -0.2) is 14.8 Å². The molecule has 2 aromatic rings. The fourth-order valence-electron chi connectivity index (χ4n) is 3.12. The van der Waals surface area contributed by atoms with Gasteiger partial charge in [-0.2, -0.15) is 0 Å². The van der Waals surface area contributed by atoms with Gasteiger partial charge in [0.2, 0.25) is 5.91 Å². The van der Waals surface area contributed by atoms with Crippen molar-refractivity contribution in [3.05, 3.63) is 47.9 Å². The summed E-state index contributed by atoms with van der Waals surface area (Å²) < 4.78 is 5.31. The van der Waals surface area contributed by atoms with E-state index in [9.17, 15) is 9.59 Å². The summed E-state index contributed by atoms with van der Waals surface area (Å²) in [6.45, 7) is 1.32. The molecule has 2 heterocycles. The molecule has 0 saturated carbocycles. The topological polar surface area (TPSA) is 105 Å². The lowest BCUT2D eigenvalue weighted by molar-refractivity contribution is -0.131. The van der Waals surface area contributed by atoms with E-state index in [1.54, 1.807) is 7.11 Å². The van der Waals surface area contributed by atoms with Crippen LogP contribution in [0.4, 0.5) is 5.82 Å². The highest BCUT2D eigenvalue weighted by Gasteiger charge is 2.23. The number of para-hydroxylation sites is 1. The zero-order chi connectivity index (χ0) is 19.2. The number of carboxylic acids is 1. The minimum atomic E-state index is -1.10. The summed E-state index contributed by atoms with van der Waals surface area (Å²) in [4.78, 5) is 33.2. The zero-order valence-corrected chi connectivity index (χ0v) is 15.1. The average Bonchev–Trinajstić information content (AvgIpc) is 2.69. The monoisotopic (exact) mass is 370 g/mol. The third-order valence-electron chi connectivity index (χ3n) is 4.60. The quantitative estimate of drug-likeness (QED) is 0.799. The summed E-state index contributed by atoms with van der Waals surface area (Å²) in [5.74, 6) is 0.254. The number of hydrogen-bond donors (Lipinski definition) is 2. The molecule has 0 unspecified atom stereocenters. The third-order valence-corrected chi connectivity index (χ3v) is 4.60. The van der Waals surface area contributed by atoms with E-state index in [1.807, 2.05) is 29.2 Å². The van der Waals surface area contributed by atoms with Gasteiger partial charge in [0, 0.05) is 24.7 Å². The van der Waals surface area contributed by atoms with Crippen LogP contribution in [0.2, 0.25) is 0 Å². The molecule has 0 aliphatic carbocycles. The van der Waals surface area contributed by atoms with Gasteiger partial charge in [0.1, 0.15) is 11.6 Å². The molecule has 1 saturated heterocycles. The molecule has 1 aromatic heterocycles. The fraction of sp³-hybridized carbons (Fsp3) is 0.368. The highest BCUT2D eigenvalue weighted by atomic mass is 16.5. The molecule has 1 aliphatic heterocycles. The van der Waals surface area contributed by atoms with Crippen molar-refractivity contribution < 1.29 is 19.4 Å². The van der Waals surface area contributed by atoms with Crippen LogP contribution >= 0.6 is 0 Å². The van der Waals surface area contributed by atoms with Crippen molar-refractivity contribution in [1.82, 2.24) is 14.9 Å². The lowest BCUT2D eigenvalue weighted by Gasteiger charge is -2.32. The molecule has 142 valence electrons. The van der Waals surface area contributed by atoms with E-state index in [4.69, 9.17) is 9.84 Å². The first-order valence-corrected chi connectivity index (χ1v) is 8.78. The summed E-state index contributed by atoms with van der Waals surface area (Å²) in [5, 5.41) is 12.1. The van der Waals surface area contributed by atoms with E-state index in [2.05, 4.69) is 15.3 Å². The number of methoxy groups -OCH3 is 1. The molecule has 0 spiro atoms. The van der Waals surface area contributed by atoms with Crippen molar-refractivity contribution in [2.24, 2.45) is 0 Å². The number of aromatic nitrogens is 2. The van der Waals surface area contributed by atoms with Crippen molar-refractivity contribution in [2.75, 3.05) is 25.5 Å². The van der Waals surface area contributed by atoms with Gasteiger partial charge in [0.15, 0.2) is 5.69 Å². The van der Waals surface area contributed by atoms with Gasteiger partial charge >= 0.3 is 5.97 Å². The van der Waals surface area contributed by atoms with Crippen molar-refractivity contribution in [3.8, 4) is 5.75 Å². The largest absolute Gasteiger partial charge is 0.496 e. The highest BCUT2D eigenvalue weighted by Crippen LogP contribution is 2.20. The van der Waals surface area contributed by atoms with Crippen LogP contribution < -0.4 is 10.1 Å². The van der Waals surface area contributed by atoms with Crippen molar-refractivity contribution >= 4 is 17.7 Å².